The quantitative estimate of drug-likeness (QED) is 0.690. The van der Waals surface area contributed by atoms with E-state index >= 15 is 0 Å². The fourth-order valence-electron chi connectivity index (χ4n) is 2.79. The topological polar surface area (TPSA) is 50.8 Å². The number of benzene rings is 2. The summed E-state index contributed by atoms with van der Waals surface area (Å²) in [6.45, 7) is 6.16. The van der Waals surface area contributed by atoms with Crippen molar-refractivity contribution in [2.45, 2.75) is 26.7 Å². The van der Waals surface area contributed by atoms with E-state index in [0.717, 1.165) is 31.6 Å². The van der Waals surface area contributed by atoms with E-state index in [1.165, 1.54) is 26.4 Å². The van der Waals surface area contributed by atoms with E-state index in [2.05, 4.69) is 24.1 Å². The molecule has 146 valence electrons. The number of amides is 1. The second-order valence-electron chi connectivity index (χ2n) is 6.12. The molecule has 1 N–H and O–H groups in total. The van der Waals surface area contributed by atoms with E-state index in [9.17, 15) is 9.18 Å². The molecule has 0 aromatic heterocycles. The van der Waals surface area contributed by atoms with Crippen LogP contribution in [0.2, 0.25) is 0 Å². The number of methoxy groups -OCH3 is 2. The number of unbranched alkanes of at least 4 members (excludes halogenated alkanes) is 1. The molecule has 0 aliphatic rings. The third kappa shape index (κ3) is 5.12. The van der Waals surface area contributed by atoms with Gasteiger partial charge in [0.2, 0.25) is 0 Å². The lowest BCUT2D eigenvalue weighted by Gasteiger charge is -2.23. The van der Waals surface area contributed by atoms with Crippen molar-refractivity contribution in [3.63, 3.8) is 0 Å². The summed E-state index contributed by atoms with van der Waals surface area (Å²) in [4.78, 5) is 14.7. The van der Waals surface area contributed by atoms with Crippen molar-refractivity contribution in [3.05, 3.63) is 47.8 Å². The van der Waals surface area contributed by atoms with E-state index in [4.69, 9.17) is 9.47 Å². The van der Waals surface area contributed by atoms with E-state index < -0.39 is 5.82 Å². The fraction of sp³-hybridized carbons (Fsp3) is 0.381. The Morgan fingerprint density at radius 1 is 1.07 bits per heavy atom. The number of hydrogen-bond donors (Lipinski definition) is 1. The Morgan fingerprint density at radius 2 is 1.70 bits per heavy atom. The molecule has 0 radical (unpaired) electrons. The van der Waals surface area contributed by atoms with E-state index in [1.54, 1.807) is 12.1 Å². The Morgan fingerprint density at radius 3 is 2.26 bits per heavy atom. The number of nitrogens with zero attached hydrogens (tertiary/aromatic N) is 1. The molecule has 0 fully saturated rings. The average Bonchev–Trinajstić information content (AvgIpc) is 2.70. The molecule has 2 aromatic rings. The van der Waals surface area contributed by atoms with Gasteiger partial charge in [-0.2, -0.15) is 0 Å². The van der Waals surface area contributed by atoms with Crippen LogP contribution in [0.25, 0.3) is 0 Å². The number of halogens is 1. The van der Waals surface area contributed by atoms with Gasteiger partial charge in [0.15, 0.2) is 17.3 Å². The summed E-state index contributed by atoms with van der Waals surface area (Å²) < 4.78 is 24.4. The first-order valence-corrected chi connectivity index (χ1v) is 9.11. The highest BCUT2D eigenvalue weighted by Gasteiger charge is 2.15. The Kier molecular flexibility index (Phi) is 7.46. The third-order valence-electron chi connectivity index (χ3n) is 4.38. The minimum atomic E-state index is -0.589. The molecular formula is C21H27FN2O3. The van der Waals surface area contributed by atoms with Crippen LogP contribution in [-0.2, 0) is 0 Å². The van der Waals surface area contributed by atoms with Crippen molar-refractivity contribution >= 4 is 17.3 Å². The molecule has 0 aliphatic heterocycles. The van der Waals surface area contributed by atoms with Crippen molar-refractivity contribution in [2.75, 3.05) is 37.5 Å². The zero-order valence-electron chi connectivity index (χ0n) is 16.3. The lowest BCUT2D eigenvalue weighted by Crippen LogP contribution is -2.23. The van der Waals surface area contributed by atoms with Gasteiger partial charge < -0.3 is 19.7 Å². The molecular weight excluding hydrogens is 347 g/mol. The Balaban J connectivity index is 2.14. The molecule has 5 nitrogen and oxygen atoms in total. The molecule has 2 aromatic carbocycles. The number of ether oxygens (including phenoxy) is 2. The summed E-state index contributed by atoms with van der Waals surface area (Å²) in [5.41, 5.74) is 1.57. The van der Waals surface area contributed by atoms with Crippen molar-refractivity contribution in [2.24, 2.45) is 0 Å². The number of carbonyl (C=O) groups excluding carboxylic acids is 1. The minimum absolute atomic E-state index is 0.0415. The van der Waals surface area contributed by atoms with Gasteiger partial charge in [0.1, 0.15) is 0 Å². The van der Waals surface area contributed by atoms with Crippen LogP contribution < -0.4 is 19.7 Å². The smallest absolute Gasteiger partial charge is 0.255 e. The first-order chi connectivity index (χ1) is 13.0. The van der Waals surface area contributed by atoms with Crippen molar-refractivity contribution < 1.29 is 18.7 Å². The number of hydrogen-bond acceptors (Lipinski definition) is 4. The summed E-state index contributed by atoms with van der Waals surface area (Å²) in [6, 6.07) is 9.92. The van der Waals surface area contributed by atoms with Crippen LogP contribution in [0.3, 0.4) is 0 Å². The molecule has 0 spiro atoms. The zero-order chi connectivity index (χ0) is 19.8. The average molecular weight is 374 g/mol. The Hall–Kier alpha value is -2.76. The SMILES string of the molecule is CCCCN(CC)c1ccc(C(=O)Nc2cc(OC)c(OC)cc2F)cc1. The zero-order valence-corrected chi connectivity index (χ0v) is 16.3. The molecule has 1 amide bonds. The highest BCUT2D eigenvalue weighted by Crippen LogP contribution is 2.32. The number of rotatable bonds is 9. The van der Waals surface area contributed by atoms with E-state index in [-0.39, 0.29) is 17.3 Å². The second-order valence-corrected chi connectivity index (χ2v) is 6.12. The first-order valence-electron chi connectivity index (χ1n) is 9.11. The van der Waals surface area contributed by atoms with Gasteiger partial charge >= 0.3 is 0 Å². The molecule has 2 rings (SSSR count). The Labute approximate surface area is 160 Å². The van der Waals surface area contributed by atoms with Crippen LogP contribution >= 0.6 is 0 Å². The summed E-state index contributed by atoms with van der Waals surface area (Å²) in [5.74, 6) is -0.359. The molecule has 0 saturated heterocycles. The van der Waals surface area contributed by atoms with Gasteiger partial charge in [-0.15, -0.1) is 0 Å². The van der Waals surface area contributed by atoms with Gasteiger partial charge in [0, 0.05) is 36.5 Å². The molecule has 27 heavy (non-hydrogen) atoms. The van der Waals surface area contributed by atoms with Gasteiger partial charge in [-0.1, -0.05) is 13.3 Å². The predicted octanol–water partition coefficient (Wildman–Crippen LogP) is 4.72. The lowest BCUT2D eigenvalue weighted by atomic mass is 10.1. The van der Waals surface area contributed by atoms with Crippen LogP contribution in [0.1, 0.15) is 37.0 Å². The highest BCUT2D eigenvalue weighted by atomic mass is 19.1. The molecule has 0 aliphatic carbocycles. The molecule has 0 heterocycles. The molecule has 0 saturated carbocycles. The standard InChI is InChI=1S/C21H27FN2O3/c1-5-7-12-24(6-2)16-10-8-15(9-11-16)21(25)23-18-14-20(27-4)19(26-3)13-17(18)22/h8-11,13-14H,5-7,12H2,1-4H3,(H,23,25). The van der Waals surface area contributed by atoms with Gasteiger partial charge in [-0.3, -0.25) is 4.79 Å². The van der Waals surface area contributed by atoms with Gasteiger partial charge in [-0.25, -0.2) is 4.39 Å². The van der Waals surface area contributed by atoms with Crippen LogP contribution in [0, 0.1) is 5.82 Å². The fourth-order valence-corrected chi connectivity index (χ4v) is 2.79. The van der Waals surface area contributed by atoms with Gasteiger partial charge in [0.25, 0.3) is 5.91 Å². The lowest BCUT2D eigenvalue weighted by molar-refractivity contribution is 0.102. The van der Waals surface area contributed by atoms with E-state index in [0.29, 0.717) is 11.3 Å². The van der Waals surface area contributed by atoms with Crippen LogP contribution in [-0.4, -0.2) is 33.2 Å². The molecule has 0 unspecified atom stereocenters. The summed E-state index contributed by atoms with van der Waals surface area (Å²) >= 11 is 0. The normalized spacial score (nSPS) is 10.4. The largest absolute Gasteiger partial charge is 0.493 e. The van der Waals surface area contributed by atoms with Gasteiger partial charge in [-0.05, 0) is 37.6 Å². The van der Waals surface area contributed by atoms with E-state index in [1.807, 2.05) is 12.1 Å². The summed E-state index contributed by atoms with van der Waals surface area (Å²) in [5, 5.41) is 2.59. The number of nitrogens with one attached hydrogen (secondary N) is 1. The predicted molar refractivity (Wildman–Crippen MR) is 107 cm³/mol. The molecule has 0 atom stereocenters. The van der Waals surface area contributed by atoms with Crippen LogP contribution in [0.15, 0.2) is 36.4 Å². The Bertz CT molecular complexity index is 763. The van der Waals surface area contributed by atoms with Crippen molar-refractivity contribution in [1.29, 1.82) is 0 Å². The molecule has 6 heteroatoms. The van der Waals surface area contributed by atoms with Crippen molar-refractivity contribution in [1.82, 2.24) is 0 Å². The second kappa shape index (κ2) is 9.80. The number of anilines is 2. The monoisotopic (exact) mass is 374 g/mol. The number of carbonyl (C=O) groups is 1. The third-order valence-corrected chi connectivity index (χ3v) is 4.38. The maximum Gasteiger partial charge on any atom is 0.255 e. The first kappa shape index (κ1) is 20.6. The summed E-state index contributed by atoms with van der Waals surface area (Å²) in [7, 11) is 2.88. The minimum Gasteiger partial charge on any atom is -0.493 e. The van der Waals surface area contributed by atoms with Gasteiger partial charge in [0.05, 0.1) is 19.9 Å². The maximum absolute atomic E-state index is 14.2. The van der Waals surface area contributed by atoms with Crippen LogP contribution in [0.5, 0.6) is 11.5 Å². The maximum atomic E-state index is 14.2. The molecule has 0 bridgehead atoms. The highest BCUT2D eigenvalue weighted by molar-refractivity contribution is 6.04. The summed E-state index contributed by atoms with van der Waals surface area (Å²) in [6.07, 6.45) is 2.25. The van der Waals surface area contributed by atoms with Crippen LogP contribution in [0.4, 0.5) is 15.8 Å². The van der Waals surface area contributed by atoms with Crippen molar-refractivity contribution in [3.8, 4) is 11.5 Å².